The summed E-state index contributed by atoms with van der Waals surface area (Å²) in [6.07, 6.45) is 3.19. The largest absolute Gasteiger partial charge is 0.368 e. The number of halogens is 1. The molecule has 0 fully saturated rings. The van der Waals surface area contributed by atoms with Crippen LogP contribution in [0.5, 0.6) is 0 Å². The summed E-state index contributed by atoms with van der Waals surface area (Å²) >= 11 is 5.75. The van der Waals surface area contributed by atoms with Crippen molar-refractivity contribution in [3.05, 3.63) is 11.6 Å². The van der Waals surface area contributed by atoms with Gasteiger partial charge in [-0.05, 0) is 6.08 Å². The zero-order chi connectivity index (χ0) is 7.84. The van der Waals surface area contributed by atoms with Gasteiger partial charge in [0.05, 0.1) is 0 Å². The number of allylic oxidation sites excluding steroid dienone is 1. The van der Waals surface area contributed by atoms with E-state index in [1.807, 2.05) is 0 Å². The maximum atomic E-state index is 5.75. The van der Waals surface area contributed by atoms with E-state index in [0.717, 1.165) is 5.57 Å². The molecule has 0 spiro atoms. The third-order valence-electron chi connectivity index (χ3n) is 1.47. The number of guanidine groups is 1. The Kier molecular flexibility index (Phi) is 1.29. The van der Waals surface area contributed by atoms with Gasteiger partial charge in [-0.3, -0.25) is 4.99 Å². The first-order valence-corrected chi connectivity index (χ1v) is 3.46. The van der Waals surface area contributed by atoms with E-state index in [9.17, 15) is 0 Å². The van der Waals surface area contributed by atoms with Crippen LogP contribution in [0.15, 0.2) is 26.6 Å². The van der Waals surface area contributed by atoms with Gasteiger partial charge < -0.3 is 5.73 Å². The lowest BCUT2D eigenvalue weighted by Gasteiger charge is -2.11. The fraction of sp³-hybridized carbons (Fsp3) is 0.167. The fourth-order valence-electron chi connectivity index (χ4n) is 0.969. The van der Waals surface area contributed by atoms with Crippen molar-refractivity contribution in [2.45, 2.75) is 6.17 Å². The highest BCUT2D eigenvalue weighted by Crippen LogP contribution is 2.20. The van der Waals surface area contributed by atoms with E-state index in [0.29, 0.717) is 5.17 Å². The summed E-state index contributed by atoms with van der Waals surface area (Å²) in [5, 5.41) is 0.389. The fourth-order valence-corrected chi connectivity index (χ4v) is 1.22. The van der Waals surface area contributed by atoms with E-state index >= 15 is 0 Å². The first-order valence-electron chi connectivity index (χ1n) is 3.08. The lowest BCUT2D eigenvalue weighted by molar-refractivity contribution is 0.861. The molecular weight excluding hydrogens is 164 g/mol. The number of hydrogen-bond acceptors (Lipinski definition) is 4. The molecule has 0 aromatic carbocycles. The number of rotatable bonds is 0. The molecule has 1 atom stereocenters. The van der Waals surface area contributed by atoms with Gasteiger partial charge in [0.1, 0.15) is 5.17 Å². The molecule has 0 aromatic heterocycles. The number of nitrogens with zero attached hydrogens (tertiary/aromatic N) is 3. The molecule has 0 aliphatic carbocycles. The Balaban J connectivity index is 2.45. The predicted molar refractivity (Wildman–Crippen MR) is 45.3 cm³/mol. The second-order valence-electron chi connectivity index (χ2n) is 2.18. The van der Waals surface area contributed by atoms with Crippen LogP contribution in [0.25, 0.3) is 0 Å². The predicted octanol–water partition coefficient (Wildman–Crippen LogP) is 0.289. The number of nitrogens with two attached hydrogens (primary N) is 1. The lowest BCUT2D eigenvalue weighted by atomic mass is 10.2. The van der Waals surface area contributed by atoms with Crippen molar-refractivity contribution in [3.63, 3.8) is 0 Å². The van der Waals surface area contributed by atoms with Crippen LogP contribution in [0, 0.1) is 0 Å². The SMILES string of the molecule is NC1=N[C@@H]2N=CC=C2C(Cl)=N1. The topological polar surface area (TPSA) is 63.1 Å². The molecule has 0 bridgehead atoms. The number of aliphatic imine (C=N–C) groups is 3. The highest BCUT2D eigenvalue weighted by molar-refractivity contribution is 6.70. The summed E-state index contributed by atoms with van der Waals surface area (Å²) in [6, 6.07) is 0. The molecule has 2 rings (SSSR count). The molecule has 2 aliphatic heterocycles. The first kappa shape index (κ1) is 6.54. The summed E-state index contributed by atoms with van der Waals surface area (Å²) in [4.78, 5) is 11.7. The molecule has 5 heteroatoms. The summed E-state index contributed by atoms with van der Waals surface area (Å²) in [5.41, 5.74) is 6.18. The van der Waals surface area contributed by atoms with Crippen LogP contribution in [-0.4, -0.2) is 23.5 Å². The molecule has 0 unspecified atom stereocenters. The van der Waals surface area contributed by atoms with Crippen LogP contribution >= 0.6 is 11.6 Å². The van der Waals surface area contributed by atoms with Gasteiger partial charge in [0.2, 0.25) is 5.96 Å². The molecule has 2 aliphatic rings. The van der Waals surface area contributed by atoms with Gasteiger partial charge >= 0.3 is 0 Å². The normalized spacial score (nSPS) is 27.4. The van der Waals surface area contributed by atoms with Crippen molar-refractivity contribution in [2.75, 3.05) is 0 Å². The molecule has 4 nitrogen and oxygen atoms in total. The quantitative estimate of drug-likeness (QED) is 0.555. The molecule has 0 aromatic rings. The zero-order valence-corrected chi connectivity index (χ0v) is 6.28. The molecule has 0 saturated heterocycles. The van der Waals surface area contributed by atoms with Gasteiger partial charge in [-0.15, -0.1) is 0 Å². The minimum Gasteiger partial charge on any atom is -0.368 e. The molecule has 2 N–H and O–H groups in total. The smallest absolute Gasteiger partial charge is 0.219 e. The Labute approximate surface area is 68.2 Å². The zero-order valence-electron chi connectivity index (χ0n) is 5.53. The third-order valence-corrected chi connectivity index (χ3v) is 1.77. The summed E-state index contributed by atoms with van der Waals surface area (Å²) in [7, 11) is 0. The molecule has 2 heterocycles. The molecule has 56 valence electrons. The Bertz CT molecular complexity index is 313. The Morgan fingerprint density at radius 1 is 1.55 bits per heavy atom. The number of hydrogen-bond donors (Lipinski definition) is 1. The van der Waals surface area contributed by atoms with Crippen LogP contribution in [-0.2, 0) is 0 Å². The van der Waals surface area contributed by atoms with E-state index in [1.165, 1.54) is 0 Å². The van der Waals surface area contributed by atoms with E-state index in [4.69, 9.17) is 17.3 Å². The highest BCUT2D eigenvalue weighted by atomic mass is 35.5. The van der Waals surface area contributed by atoms with Crippen molar-refractivity contribution in [1.29, 1.82) is 0 Å². The van der Waals surface area contributed by atoms with E-state index in [2.05, 4.69) is 15.0 Å². The van der Waals surface area contributed by atoms with Crippen molar-refractivity contribution in [2.24, 2.45) is 20.7 Å². The van der Waals surface area contributed by atoms with E-state index in [-0.39, 0.29) is 12.1 Å². The minimum absolute atomic E-state index is 0.191. The third kappa shape index (κ3) is 0.952. The Morgan fingerprint density at radius 3 is 3.18 bits per heavy atom. The van der Waals surface area contributed by atoms with Crippen LogP contribution in [0.4, 0.5) is 0 Å². The standard InChI is InChI=1S/C6H5ClN4/c7-4-3-1-2-9-5(3)11-6(8)10-4/h1-2,5H,(H2,8,11)/t5-/m0/s1. The van der Waals surface area contributed by atoms with E-state index < -0.39 is 0 Å². The Morgan fingerprint density at radius 2 is 2.36 bits per heavy atom. The second kappa shape index (κ2) is 2.17. The van der Waals surface area contributed by atoms with Gasteiger partial charge in [-0.25, -0.2) is 9.98 Å². The molecule has 0 radical (unpaired) electrons. The second-order valence-corrected chi connectivity index (χ2v) is 2.54. The van der Waals surface area contributed by atoms with Gasteiger partial charge in [-0.2, -0.15) is 0 Å². The average Bonchev–Trinajstić information content (AvgIpc) is 2.34. The average molecular weight is 169 g/mol. The maximum Gasteiger partial charge on any atom is 0.219 e. The minimum atomic E-state index is -0.250. The maximum absolute atomic E-state index is 5.75. The molecule has 0 amide bonds. The van der Waals surface area contributed by atoms with Gasteiger partial charge in [0, 0.05) is 11.8 Å². The summed E-state index contributed by atoms with van der Waals surface area (Å²) in [5.74, 6) is 0.191. The molecule has 11 heavy (non-hydrogen) atoms. The van der Waals surface area contributed by atoms with Crippen LogP contribution in [0.3, 0.4) is 0 Å². The van der Waals surface area contributed by atoms with Crippen molar-refractivity contribution in [1.82, 2.24) is 0 Å². The van der Waals surface area contributed by atoms with Crippen molar-refractivity contribution >= 4 is 28.9 Å². The monoisotopic (exact) mass is 168 g/mol. The first-order chi connectivity index (χ1) is 5.27. The lowest BCUT2D eigenvalue weighted by Crippen LogP contribution is -2.22. The van der Waals surface area contributed by atoms with Crippen molar-refractivity contribution < 1.29 is 0 Å². The summed E-state index contributed by atoms with van der Waals surface area (Å²) in [6.45, 7) is 0. The van der Waals surface area contributed by atoms with Crippen LogP contribution < -0.4 is 5.73 Å². The van der Waals surface area contributed by atoms with Crippen LogP contribution in [0.2, 0.25) is 0 Å². The van der Waals surface area contributed by atoms with Crippen molar-refractivity contribution in [3.8, 4) is 0 Å². The molecule has 0 saturated carbocycles. The van der Waals surface area contributed by atoms with Gasteiger partial charge in [0.15, 0.2) is 6.17 Å². The van der Waals surface area contributed by atoms with Gasteiger partial charge in [-0.1, -0.05) is 11.6 Å². The van der Waals surface area contributed by atoms with Gasteiger partial charge in [0.25, 0.3) is 0 Å². The highest BCUT2D eigenvalue weighted by Gasteiger charge is 2.22. The number of fused-ring (bicyclic) bond motifs is 1. The Hall–Kier alpha value is -1.16. The van der Waals surface area contributed by atoms with Crippen LogP contribution in [0.1, 0.15) is 0 Å². The summed E-state index contributed by atoms with van der Waals surface area (Å²) < 4.78 is 0. The molecular formula is C6H5ClN4. The van der Waals surface area contributed by atoms with E-state index in [1.54, 1.807) is 12.3 Å².